The average molecular weight is 438 g/mol. The van der Waals surface area contributed by atoms with Crippen LogP contribution in [0.15, 0.2) is 67.0 Å². The minimum absolute atomic E-state index is 0.0479. The van der Waals surface area contributed by atoms with Gasteiger partial charge in [0, 0.05) is 51.1 Å². The zero-order valence-corrected chi connectivity index (χ0v) is 18.4. The monoisotopic (exact) mass is 437 g/mol. The lowest BCUT2D eigenvalue weighted by atomic mass is 9.72. The molecule has 2 aliphatic heterocycles. The lowest BCUT2D eigenvalue weighted by Gasteiger charge is -2.49. The Labute approximate surface area is 183 Å². The summed E-state index contributed by atoms with van der Waals surface area (Å²) in [5, 5.41) is 8.48. The molecule has 2 saturated heterocycles. The van der Waals surface area contributed by atoms with E-state index in [0.717, 1.165) is 31.0 Å². The summed E-state index contributed by atoms with van der Waals surface area (Å²) in [7, 11) is -1.38. The minimum atomic E-state index is -3.35. The molecule has 0 bridgehead atoms. The molecule has 2 fully saturated rings. The zero-order chi connectivity index (χ0) is 21.5. The van der Waals surface area contributed by atoms with Crippen molar-refractivity contribution < 1.29 is 8.42 Å². The normalized spacial score (nSPS) is 21.4. The Morgan fingerprint density at radius 1 is 0.968 bits per heavy atom. The summed E-state index contributed by atoms with van der Waals surface area (Å²) >= 11 is 0. The number of rotatable bonds is 6. The van der Waals surface area contributed by atoms with E-state index in [1.54, 1.807) is 10.6 Å². The molecule has 0 N–H and O–H groups in total. The van der Waals surface area contributed by atoms with Crippen molar-refractivity contribution in [2.45, 2.75) is 18.2 Å². The van der Waals surface area contributed by atoms with Gasteiger partial charge in [-0.25, -0.2) is 12.7 Å². The van der Waals surface area contributed by atoms with Gasteiger partial charge < -0.3 is 4.57 Å². The van der Waals surface area contributed by atoms with Crippen molar-refractivity contribution in [1.82, 2.24) is 24.0 Å². The molecule has 3 heterocycles. The van der Waals surface area contributed by atoms with Gasteiger partial charge in [-0.2, -0.15) is 0 Å². The van der Waals surface area contributed by atoms with Crippen molar-refractivity contribution in [3.05, 3.63) is 83.9 Å². The Hall–Kier alpha value is -2.55. The van der Waals surface area contributed by atoms with Gasteiger partial charge in [0.25, 0.3) is 0 Å². The molecule has 7 nitrogen and oxygen atoms in total. The number of aromatic nitrogens is 3. The second kappa shape index (κ2) is 7.85. The molecule has 1 unspecified atom stereocenters. The third-order valence-electron chi connectivity index (χ3n) is 6.59. The van der Waals surface area contributed by atoms with Crippen molar-refractivity contribution in [3.63, 3.8) is 0 Å². The van der Waals surface area contributed by atoms with E-state index in [0.29, 0.717) is 13.1 Å². The molecule has 0 aliphatic carbocycles. The summed E-state index contributed by atoms with van der Waals surface area (Å²) in [5.41, 5.74) is 1.97. The van der Waals surface area contributed by atoms with Gasteiger partial charge in [0.1, 0.15) is 12.2 Å². The smallest absolute Gasteiger partial charge is 0.218 e. The largest absolute Gasteiger partial charge is 0.320 e. The fourth-order valence-corrected chi connectivity index (χ4v) is 6.75. The summed E-state index contributed by atoms with van der Waals surface area (Å²) in [4.78, 5) is 2.43. The van der Waals surface area contributed by atoms with Crippen molar-refractivity contribution in [3.8, 4) is 0 Å². The first-order valence-electron chi connectivity index (χ1n) is 10.6. The second-order valence-electron chi connectivity index (χ2n) is 8.88. The van der Waals surface area contributed by atoms with Gasteiger partial charge in [0.05, 0.1) is 5.75 Å². The first-order chi connectivity index (χ1) is 15.0. The molecule has 0 amide bonds. The predicted octanol–water partition coefficient (Wildman–Crippen LogP) is 2.25. The maximum Gasteiger partial charge on any atom is 0.218 e. The quantitative estimate of drug-likeness (QED) is 0.592. The SMILES string of the molecule is Cn1cnnc1C1CN(Cc2ccccc2)CC12CN(S(=O)(=O)Cc1ccccc1)C2. The molecule has 1 spiro atoms. The average Bonchev–Trinajstić information content (AvgIpc) is 3.31. The third-order valence-corrected chi connectivity index (χ3v) is 8.34. The third kappa shape index (κ3) is 3.91. The first kappa shape index (κ1) is 20.4. The van der Waals surface area contributed by atoms with Gasteiger partial charge in [-0.05, 0) is 11.1 Å². The lowest BCUT2D eigenvalue weighted by molar-refractivity contribution is 0.0597. The minimum Gasteiger partial charge on any atom is -0.320 e. The highest BCUT2D eigenvalue weighted by molar-refractivity contribution is 7.88. The molecular formula is C23H27N5O2S. The summed E-state index contributed by atoms with van der Waals surface area (Å²) in [6.07, 6.45) is 1.73. The van der Waals surface area contributed by atoms with Crippen LogP contribution in [0.3, 0.4) is 0 Å². The van der Waals surface area contributed by atoms with E-state index in [4.69, 9.17) is 0 Å². The van der Waals surface area contributed by atoms with E-state index in [2.05, 4.69) is 39.4 Å². The van der Waals surface area contributed by atoms with E-state index in [1.165, 1.54) is 5.56 Å². The van der Waals surface area contributed by atoms with Crippen LogP contribution in [0.1, 0.15) is 22.9 Å². The van der Waals surface area contributed by atoms with E-state index >= 15 is 0 Å². The lowest BCUT2D eigenvalue weighted by Crippen LogP contribution is -2.61. The van der Waals surface area contributed by atoms with E-state index < -0.39 is 10.0 Å². The molecule has 2 aromatic carbocycles. The van der Waals surface area contributed by atoms with Crippen LogP contribution in [-0.2, 0) is 29.4 Å². The van der Waals surface area contributed by atoms with Gasteiger partial charge >= 0.3 is 0 Å². The highest BCUT2D eigenvalue weighted by atomic mass is 32.2. The molecule has 3 aromatic rings. The van der Waals surface area contributed by atoms with Crippen LogP contribution < -0.4 is 0 Å². The summed E-state index contributed by atoms with van der Waals surface area (Å²) in [5.74, 6) is 1.15. The molecule has 162 valence electrons. The number of likely N-dealkylation sites (tertiary alicyclic amines) is 1. The molecule has 31 heavy (non-hydrogen) atoms. The van der Waals surface area contributed by atoms with Crippen LogP contribution >= 0.6 is 0 Å². The fraction of sp³-hybridized carbons (Fsp3) is 0.391. The summed E-state index contributed by atoms with van der Waals surface area (Å²) in [6, 6.07) is 19.8. The Kier molecular flexibility index (Phi) is 5.16. The standard InChI is InChI=1S/C23H27N5O2S/c1-26-18-24-25-22(26)21-13-27(12-19-8-4-2-5-9-19)15-23(21)16-28(17-23)31(29,30)14-20-10-6-3-7-11-20/h2-11,18,21H,12-17H2,1H3. The van der Waals surface area contributed by atoms with Crippen LogP contribution in [0, 0.1) is 5.41 Å². The molecule has 0 radical (unpaired) electrons. The maximum absolute atomic E-state index is 13.0. The topological polar surface area (TPSA) is 71.3 Å². The van der Waals surface area contributed by atoms with Gasteiger partial charge in [-0.15, -0.1) is 10.2 Å². The molecule has 1 atom stereocenters. The molecule has 2 aliphatic rings. The second-order valence-corrected chi connectivity index (χ2v) is 10.8. The predicted molar refractivity (Wildman–Crippen MR) is 119 cm³/mol. The van der Waals surface area contributed by atoms with Crippen LogP contribution in [0.25, 0.3) is 0 Å². The molecule has 0 saturated carbocycles. The van der Waals surface area contributed by atoms with Crippen molar-refractivity contribution in [2.75, 3.05) is 26.2 Å². The fourth-order valence-electron chi connectivity index (χ4n) is 5.05. The van der Waals surface area contributed by atoms with E-state index in [1.807, 2.05) is 48.0 Å². The summed E-state index contributed by atoms with van der Waals surface area (Å²) in [6.45, 7) is 3.63. The Morgan fingerprint density at radius 2 is 1.61 bits per heavy atom. The van der Waals surface area contributed by atoms with Gasteiger partial charge in [0.15, 0.2) is 0 Å². The highest BCUT2D eigenvalue weighted by Gasteiger charge is 2.58. The molecule has 8 heteroatoms. The molecule has 5 rings (SSSR count). The van der Waals surface area contributed by atoms with E-state index in [-0.39, 0.29) is 17.1 Å². The zero-order valence-electron chi connectivity index (χ0n) is 17.6. The Morgan fingerprint density at radius 3 is 2.23 bits per heavy atom. The number of benzene rings is 2. The van der Waals surface area contributed by atoms with Gasteiger partial charge in [-0.1, -0.05) is 60.7 Å². The van der Waals surface area contributed by atoms with E-state index in [9.17, 15) is 8.42 Å². The number of nitrogens with zero attached hydrogens (tertiary/aromatic N) is 5. The highest BCUT2D eigenvalue weighted by Crippen LogP contribution is 2.50. The van der Waals surface area contributed by atoms with Crippen LogP contribution in [0.2, 0.25) is 0 Å². The van der Waals surface area contributed by atoms with Crippen molar-refractivity contribution in [1.29, 1.82) is 0 Å². The number of hydrogen-bond donors (Lipinski definition) is 0. The van der Waals surface area contributed by atoms with Crippen LogP contribution in [-0.4, -0.2) is 58.6 Å². The Balaban J connectivity index is 1.35. The van der Waals surface area contributed by atoms with Crippen LogP contribution in [0.4, 0.5) is 0 Å². The molecular weight excluding hydrogens is 410 g/mol. The van der Waals surface area contributed by atoms with Gasteiger partial charge in [-0.3, -0.25) is 4.90 Å². The first-order valence-corrected chi connectivity index (χ1v) is 12.2. The van der Waals surface area contributed by atoms with Crippen molar-refractivity contribution >= 4 is 10.0 Å². The molecule has 1 aromatic heterocycles. The number of hydrogen-bond acceptors (Lipinski definition) is 5. The maximum atomic E-state index is 13.0. The number of sulfonamides is 1. The Bertz CT molecular complexity index is 1140. The van der Waals surface area contributed by atoms with Crippen molar-refractivity contribution in [2.24, 2.45) is 12.5 Å². The van der Waals surface area contributed by atoms with Gasteiger partial charge in [0.2, 0.25) is 10.0 Å². The number of aryl methyl sites for hydroxylation is 1. The van der Waals surface area contributed by atoms with Crippen LogP contribution in [0.5, 0.6) is 0 Å². The summed E-state index contributed by atoms with van der Waals surface area (Å²) < 4.78 is 29.7.